The lowest BCUT2D eigenvalue weighted by Crippen LogP contribution is -2.53. The van der Waals surface area contributed by atoms with Gasteiger partial charge in [-0.2, -0.15) is 0 Å². The van der Waals surface area contributed by atoms with Crippen LogP contribution in [0.1, 0.15) is 107 Å². The molecule has 2 aliphatic heterocycles. The van der Waals surface area contributed by atoms with Crippen molar-refractivity contribution >= 4 is 29.0 Å². The molecule has 4 atom stereocenters. The van der Waals surface area contributed by atoms with Crippen LogP contribution in [0.5, 0.6) is 17.2 Å². The van der Waals surface area contributed by atoms with Crippen molar-refractivity contribution in [1.82, 2.24) is 9.88 Å². The van der Waals surface area contributed by atoms with Gasteiger partial charge < -0.3 is 24.6 Å². The lowest BCUT2D eigenvalue weighted by molar-refractivity contribution is -0.144. The number of likely N-dealkylation sites (tertiary alicyclic amines) is 1. The number of carboxylic acids is 1. The third-order valence-electron chi connectivity index (χ3n) is 13.7. The predicted molar refractivity (Wildman–Crippen MR) is 214 cm³/mol. The van der Waals surface area contributed by atoms with Gasteiger partial charge >= 0.3 is 5.97 Å². The zero-order valence-electron chi connectivity index (χ0n) is 32.6. The second-order valence-electron chi connectivity index (χ2n) is 17.4. The number of Topliss-reactive ketones (excluding diaryl/α,β-unsaturated/α-hetero) is 1. The van der Waals surface area contributed by atoms with Crippen molar-refractivity contribution in [3.8, 4) is 17.2 Å². The summed E-state index contributed by atoms with van der Waals surface area (Å²) in [6.45, 7) is 9.95. The van der Waals surface area contributed by atoms with Crippen LogP contribution in [-0.2, 0) is 27.8 Å². The fourth-order valence-corrected chi connectivity index (χ4v) is 10.8. The van der Waals surface area contributed by atoms with E-state index in [2.05, 4.69) is 41.2 Å². The molecule has 3 aromatic rings. The Balaban J connectivity index is 1.03. The highest BCUT2D eigenvalue weighted by Crippen LogP contribution is 2.58. The highest BCUT2D eigenvalue weighted by molar-refractivity contribution is 6.30. The van der Waals surface area contributed by atoms with E-state index >= 15 is 0 Å². The molecule has 0 unspecified atom stereocenters. The molecule has 8 rings (SSSR count). The number of aromatic nitrogens is 1. The molecule has 0 amide bonds. The van der Waals surface area contributed by atoms with E-state index in [1.165, 1.54) is 28.8 Å². The highest BCUT2D eigenvalue weighted by atomic mass is 35.5. The van der Waals surface area contributed by atoms with Crippen LogP contribution < -0.4 is 19.5 Å². The average molecular weight is 770 g/mol. The number of carboxylic acid groups (broad SMARTS) is 1. The van der Waals surface area contributed by atoms with Crippen molar-refractivity contribution < 1.29 is 28.9 Å². The molecule has 2 N–H and O–H groups in total. The third-order valence-corrected chi connectivity index (χ3v) is 13.9. The molecule has 1 spiro atoms. The summed E-state index contributed by atoms with van der Waals surface area (Å²) in [7, 11) is 0. The van der Waals surface area contributed by atoms with Crippen molar-refractivity contribution in [3.05, 3.63) is 76.1 Å². The molecule has 1 aromatic heterocycles. The molecule has 2 fully saturated rings. The van der Waals surface area contributed by atoms with Crippen LogP contribution in [0.15, 0.2) is 48.7 Å². The molecule has 55 heavy (non-hydrogen) atoms. The number of anilines is 1. The summed E-state index contributed by atoms with van der Waals surface area (Å²) < 4.78 is 19.7. The fourth-order valence-electron chi connectivity index (χ4n) is 10.6. The minimum atomic E-state index is -1.09. The molecule has 1 saturated heterocycles. The number of fused-ring (bicyclic) bond motifs is 4. The van der Waals surface area contributed by atoms with Crippen LogP contribution in [-0.4, -0.2) is 71.2 Å². The number of hydrogen-bond acceptors (Lipinski definition) is 8. The number of ether oxygens (including phenoxy) is 3. The van der Waals surface area contributed by atoms with Gasteiger partial charge in [0.05, 0.1) is 6.61 Å². The van der Waals surface area contributed by atoms with Crippen molar-refractivity contribution in [2.75, 3.05) is 38.2 Å². The maximum Gasteiger partial charge on any atom is 0.329 e. The largest absolute Gasteiger partial charge is 0.493 e. The number of halogens is 1. The van der Waals surface area contributed by atoms with Gasteiger partial charge in [0.2, 0.25) is 0 Å². The van der Waals surface area contributed by atoms with Crippen LogP contribution >= 0.6 is 11.6 Å². The standard InChI is InChI=1S/C45H56ClN3O6/c1-28(26-53-39-10-17-47-38-9-4-6-29(2)42(38)39)20-33-21-32-22-40-41(55-36(27-54-40)25-49-18-11-31(12-19-49)30(3)50)24-37(32)44(33)13-15-45(16-14-44,43(51)52)48-35-8-5-7-34(46)23-35/h5,7-8,10,17,22-24,28-29,31,33,36,48H,4,6,9,11-16,18-21,25-27H2,1-3H3,(H,51,52)/t28-,29-,33+,36-,44?,45?/m1/s1. The van der Waals surface area contributed by atoms with Crippen LogP contribution in [0.3, 0.4) is 0 Å². The first kappa shape index (κ1) is 38.1. The van der Waals surface area contributed by atoms with Gasteiger partial charge in [-0.1, -0.05) is 31.5 Å². The Morgan fingerprint density at radius 3 is 2.64 bits per heavy atom. The smallest absolute Gasteiger partial charge is 0.329 e. The van der Waals surface area contributed by atoms with Gasteiger partial charge in [0.25, 0.3) is 0 Å². The highest BCUT2D eigenvalue weighted by Gasteiger charge is 2.54. The fraction of sp³-hybridized carbons (Fsp3) is 0.578. The molecule has 2 aromatic carbocycles. The topological polar surface area (TPSA) is 110 Å². The molecular formula is C45H56ClN3O6. The number of nitrogens with one attached hydrogen (secondary N) is 1. The number of ketones is 1. The van der Waals surface area contributed by atoms with Crippen molar-refractivity contribution in [2.24, 2.45) is 17.8 Å². The number of pyridine rings is 1. The lowest BCUT2D eigenvalue weighted by atomic mass is 9.59. The van der Waals surface area contributed by atoms with Crippen molar-refractivity contribution in [2.45, 2.75) is 114 Å². The Morgan fingerprint density at radius 1 is 1.09 bits per heavy atom. The van der Waals surface area contributed by atoms with Crippen LogP contribution in [0.2, 0.25) is 5.02 Å². The van der Waals surface area contributed by atoms with Gasteiger partial charge in [0, 0.05) is 40.6 Å². The Labute approximate surface area is 330 Å². The molecule has 0 bridgehead atoms. The molecule has 5 aliphatic rings. The van der Waals surface area contributed by atoms with Crippen LogP contribution in [0.4, 0.5) is 5.69 Å². The van der Waals surface area contributed by atoms with Gasteiger partial charge in [-0.3, -0.25) is 14.7 Å². The molecule has 10 heteroatoms. The number of rotatable bonds is 11. The second-order valence-corrected chi connectivity index (χ2v) is 17.8. The summed E-state index contributed by atoms with van der Waals surface area (Å²) in [6.07, 6.45) is 11.3. The SMILES string of the molecule is CC(=O)C1CCN(C[C@@H]2COc3cc4c(cc3O2)C2(CCC(Nc3cccc(Cl)c3)(C(=O)O)CC2)[C@@H](C[C@@H](C)COc2ccnc3c2[C@H](C)CCC3)C4)CC1. The number of benzene rings is 2. The summed E-state index contributed by atoms with van der Waals surface area (Å²) in [6, 6.07) is 13.8. The van der Waals surface area contributed by atoms with E-state index in [0.29, 0.717) is 48.7 Å². The van der Waals surface area contributed by atoms with E-state index in [-0.39, 0.29) is 23.4 Å². The van der Waals surface area contributed by atoms with E-state index in [9.17, 15) is 14.7 Å². The molecule has 1 saturated carbocycles. The van der Waals surface area contributed by atoms with Gasteiger partial charge in [0.1, 0.15) is 29.8 Å². The maximum atomic E-state index is 13.1. The zero-order chi connectivity index (χ0) is 38.3. The minimum Gasteiger partial charge on any atom is -0.493 e. The first-order valence-corrected chi connectivity index (χ1v) is 21.0. The van der Waals surface area contributed by atoms with Gasteiger partial charge in [-0.05, 0) is 161 Å². The number of nitrogens with zero attached hydrogens (tertiary/aromatic N) is 2. The molecule has 0 radical (unpaired) electrons. The first-order valence-electron chi connectivity index (χ1n) is 20.6. The molecule has 9 nitrogen and oxygen atoms in total. The Bertz CT molecular complexity index is 1900. The number of carbonyl (C=O) groups is 2. The molecule has 3 heterocycles. The van der Waals surface area contributed by atoms with E-state index < -0.39 is 11.5 Å². The van der Waals surface area contributed by atoms with Crippen molar-refractivity contribution in [3.63, 3.8) is 0 Å². The second kappa shape index (κ2) is 15.6. The van der Waals surface area contributed by atoms with Gasteiger partial charge in [0.15, 0.2) is 11.5 Å². The number of piperidine rings is 1. The lowest BCUT2D eigenvalue weighted by Gasteiger charge is -2.47. The number of aryl methyl sites for hydroxylation is 1. The summed E-state index contributed by atoms with van der Waals surface area (Å²) in [5.41, 5.74) is 4.45. The van der Waals surface area contributed by atoms with Crippen molar-refractivity contribution in [1.29, 1.82) is 0 Å². The summed E-state index contributed by atoms with van der Waals surface area (Å²) in [5, 5.41) is 14.7. The van der Waals surface area contributed by atoms with Crippen LogP contribution in [0.25, 0.3) is 0 Å². The minimum absolute atomic E-state index is 0.0979. The number of carbonyl (C=O) groups excluding carboxylic acids is 1. The average Bonchev–Trinajstić information content (AvgIpc) is 3.44. The summed E-state index contributed by atoms with van der Waals surface area (Å²) in [4.78, 5) is 32.1. The van der Waals surface area contributed by atoms with E-state index in [0.717, 1.165) is 93.9 Å². The molecule has 294 valence electrons. The monoisotopic (exact) mass is 769 g/mol. The maximum absolute atomic E-state index is 13.1. The zero-order valence-corrected chi connectivity index (χ0v) is 33.3. The van der Waals surface area contributed by atoms with E-state index in [1.807, 2.05) is 24.4 Å². The number of aliphatic carboxylic acids is 1. The third kappa shape index (κ3) is 7.68. The van der Waals surface area contributed by atoms with Crippen LogP contribution in [0, 0.1) is 17.8 Å². The van der Waals surface area contributed by atoms with E-state index in [4.69, 9.17) is 25.8 Å². The number of hydrogen-bond donors (Lipinski definition) is 2. The molecular weight excluding hydrogens is 714 g/mol. The van der Waals surface area contributed by atoms with E-state index in [1.54, 1.807) is 19.1 Å². The molecule has 3 aliphatic carbocycles. The normalized spacial score (nSPS) is 28.3. The Kier molecular flexibility index (Phi) is 10.8. The Morgan fingerprint density at radius 2 is 1.89 bits per heavy atom. The summed E-state index contributed by atoms with van der Waals surface area (Å²) >= 11 is 6.32. The summed E-state index contributed by atoms with van der Waals surface area (Å²) in [5.74, 6) is 3.24. The van der Waals surface area contributed by atoms with Gasteiger partial charge in [-0.25, -0.2) is 4.79 Å². The quantitative estimate of drug-likeness (QED) is 0.198. The first-order chi connectivity index (χ1) is 26.5. The Hall–Kier alpha value is -3.82. The van der Waals surface area contributed by atoms with Gasteiger partial charge in [-0.15, -0.1) is 0 Å². The predicted octanol–water partition coefficient (Wildman–Crippen LogP) is 8.64.